The second-order valence-corrected chi connectivity index (χ2v) is 5.08. The number of carbonyl (C=O) groups is 1. The lowest BCUT2D eigenvalue weighted by atomic mass is 10.1. The number of methoxy groups -OCH3 is 1. The molecule has 3 heteroatoms. The van der Waals surface area contributed by atoms with Gasteiger partial charge in [-0.25, -0.2) is 0 Å². The standard InChI is InChI=1S/C16H27NO2/c1-19-16(18)12-8-6-4-2-3-5-7-9-13-17-14-10-11-15-17/h10-11,14-15H,2-9,12-13H2,1H3. The third-order valence-electron chi connectivity index (χ3n) is 3.44. The molecule has 108 valence electrons. The molecular formula is C16H27NO2. The van der Waals surface area contributed by atoms with Crippen molar-refractivity contribution in [2.24, 2.45) is 0 Å². The van der Waals surface area contributed by atoms with Crippen LogP contribution in [0.2, 0.25) is 0 Å². The van der Waals surface area contributed by atoms with Crippen molar-refractivity contribution in [1.29, 1.82) is 0 Å². The first-order valence-corrected chi connectivity index (χ1v) is 7.50. The summed E-state index contributed by atoms with van der Waals surface area (Å²) < 4.78 is 6.85. The molecule has 0 saturated carbocycles. The first-order chi connectivity index (χ1) is 9.33. The summed E-state index contributed by atoms with van der Waals surface area (Å²) in [5.74, 6) is -0.0787. The monoisotopic (exact) mass is 265 g/mol. The van der Waals surface area contributed by atoms with E-state index in [9.17, 15) is 4.79 Å². The van der Waals surface area contributed by atoms with E-state index in [4.69, 9.17) is 0 Å². The molecule has 0 aromatic carbocycles. The summed E-state index contributed by atoms with van der Waals surface area (Å²) in [6, 6.07) is 4.16. The molecule has 0 saturated heterocycles. The van der Waals surface area contributed by atoms with Crippen LogP contribution in [0.15, 0.2) is 24.5 Å². The molecule has 0 unspecified atom stereocenters. The van der Waals surface area contributed by atoms with Gasteiger partial charge in [0.1, 0.15) is 0 Å². The third kappa shape index (κ3) is 8.46. The Morgan fingerprint density at radius 1 is 0.895 bits per heavy atom. The minimum absolute atomic E-state index is 0.0787. The van der Waals surface area contributed by atoms with Crippen molar-refractivity contribution >= 4 is 5.97 Å². The number of ether oxygens (including phenoxy) is 1. The highest BCUT2D eigenvalue weighted by Gasteiger charge is 1.99. The molecule has 19 heavy (non-hydrogen) atoms. The van der Waals surface area contributed by atoms with Gasteiger partial charge in [-0.05, 0) is 25.0 Å². The molecule has 1 rings (SSSR count). The highest BCUT2D eigenvalue weighted by molar-refractivity contribution is 5.68. The Balaban J connectivity index is 1.77. The topological polar surface area (TPSA) is 31.2 Å². The van der Waals surface area contributed by atoms with Crippen LogP contribution in [0, 0.1) is 0 Å². The molecule has 0 aliphatic carbocycles. The fraction of sp³-hybridized carbons (Fsp3) is 0.688. The lowest BCUT2D eigenvalue weighted by Crippen LogP contribution is -1.99. The maximum Gasteiger partial charge on any atom is 0.305 e. The number of hydrogen-bond donors (Lipinski definition) is 0. The predicted octanol–water partition coefficient (Wildman–Crippen LogP) is 4.17. The van der Waals surface area contributed by atoms with Crippen LogP contribution in [0.4, 0.5) is 0 Å². The minimum atomic E-state index is -0.0787. The zero-order valence-electron chi connectivity index (χ0n) is 12.1. The van der Waals surface area contributed by atoms with Crippen LogP contribution in [0.5, 0.6) is 0 Å². The van der Waals surface area contributed by atoms with Crippen molar-refractivity contribution in [2.45, 2.75) is 64.3 Å². The smallest absolute Gasteiger partial charge is 0.305 e. The van der Waals surface area contributed by atoms with Gasteiger partial charge in [-0.1, -0.05) is 38.5 Å². The van der Waals surface area contributed by atoms with E-state index in [1.807, 2.05) is 0 Å². The molecule has 1 heterocycles. The summed E-state index contributed by atoms with van der Waals surface area (Å²) in [5.41, 5.74) is 0. The first kappa shape index (κ1) is 15.8. The maximum atomic E-state index is 10.9. The lowest BCUT2D eigenvalue weighted by Gasteiger charge is -2.03. The molecule has 0 fully saturated rings. The van der Waals surface area contributed by atoms with Gasteiger partial charge in [0.2, 0.25) is 0 Å². The molecular weight excluding hydrogens is 238 g/mol. The Morgan fingerprint density at radius 3 is 2.00 bits per heavy atom. The summed E-state index contributed by atoms with van der Waals surface area (Å²) in [6.45, 7) is 1.14. The highest BCUT2D eigenvalue weighted by Crippen LogP contribution is 2.10. The van der Waals surface area contributed by atoms with Gasteiger partial charge in [0.25, 0.3) is 0 Å². The highest BCUT2D eigenvalue weighted by atomic mass is 16.5. The normalized spacial score (nSPS) is 10.6. The van der Waals surface area contributed by atoms with Crippen molar-refractivity contribution in [3.05, 3.63) is 24.5 Å². The van der Waals surface area contributed by atoms with Crippen molar-refractivity contribution in [1.82, 2.24) is 4.57 Å². The molecule has 1 aromatic rings. The lowest BCUT2D eigenvalue weighted by molar-refractivity contribution is -0.140. The second-order valence-electron chi connectivity index (χ2n) is 5.08. The zero-order chi connectivity index (χ0) is 13.8. The van der Waals surface area contributed by atoms with E-state index >= 15 is 0 Å². The predicted molar refractivity (Wildman–Crippen MR) is 78.0 cm³/mol. The number of aryl methyl sites for hydroxylation is 1. The third-order valence-corrected chi connectivity index (χ3v) is 3.44. The molecule has 0 N–H and O–H groups in total. The molecule has 1 aromatic heterocycles. The number of rotatable bonds is 11. The van der Waals surface area contributed by atoms with Crippen LogP contribution in [0.1, 0.15) is 57.8 Å². The molecule has 0 spiro atoms. The van der Waals surface area contributed by atoms with Crippen molar-refractivity contribution in [3.63, 3.8) is 0 Å². The number of carbonyl (C=O) groups excluding carboxylic acids is 1. The van der Waals surface area contributed by atoms with Gasteiger partial charge in [-0.3, -0.25) is 4.79 Å². The Hall–Kier alpha value is -1.25. The number of hydrogen-bond acceptors (Lipinski definition) is 2. The number of nitrogens with zero attached hydrogens (tertiary/aromatic N) is 1. The Kier molecular flexibility index (Phi) is 8.86. The van der Waals surface area contributed by atoms with E-state index in [-0.39, 0.29) is 5.97 Å². The van der Waals surface area contributed by atoms with Gasteiger partial charge < -0.3 is 9.30 Å². The Morgan fingerprint density at radius 2 is 1.42 bits per heavy atom. The fourth-order valence-electron chi connectivity index (χ4n) is 2.25. The quantitative estimate of drug-likeness (QED) is 0.444. The van der Waals surface area contributed by atoms with E-state index < -0.39 is 0 Å². The van der Waals surface area contributed by atoms with E-state index in [0.717, 1.165) is 19.4 Å². The Bertz CT molecular complexity index is 319. The number of aromatic nitrogens is 1. The second kappa shape index (κ2) is 10.7. The van der Waals surface area contributed by atoms with E-state index in [0.29, 0.717) is 6.42 Å². The number of unbranched alkanes of at least 4 members (excludes halogenated alkanes) is 7. The van der Waals surface area contributed by atoms with Crippen LogP contribution in [0.3, 0.4) is 0 Å². The van der Waals surface area contributed by atoms with Gasteiger partial charge in [-0.2, -0.15) is 0 Å². The van der Waals surface area contributed by atoms with E-state index in [1.165, 1.54) is 45.6 Å². The molecule has 3 nitrogen and oxygen atoms in total. The van der Waals surface area contributed by atoms with E-state index in [1.54, 1.807) is 0 Å². The maximum absolute atomic E-state index is 10.9. The van der Waals surface area contributed by atoms with Crippen LogP contribution in [-0.2, 0) is 16.1 Å². The largest absolute Gasteiger partial charge is 0.469 e. The molecule has 0 atom stereocenters. The van der Waals surface area contributed by atoms with Crippen LogP contribution < -0.4 is 0 Å². The minimum Gasteiger partial charge on any atom is -0.469 e. The van der Waals surface area contributed by atoms with Gasteiger partial charge in [0, 0.05) is 25.4 Å². The summed E-state index contributed by atoms with van der Waals surface area (Å²) in [6.07, 6.45) is 14.7. The molecule has 0 bridgehead atoms. The van der Waals surface area contributed by atoms with E-state index in [2.05, 4.69) is 33.8 Å². The fourth-order valence-corrected chi connectivity index (χ4v) is 2.25. The summed E-state index contributed by atoms with van der Waals surface area (Å²) in [4.78, 5) is 10.9. The van der Waals surface area contributed by atoms with Crippen LogP contribution in [0.25, 0.3) is 0 Å². The van der Waals surface area contributed by atoms with Gasteiger partial charge in [-0.15, -0.1) is 0 Å². The average Bonchev–Trinajstić information content (AvgIpc) is 2.93. The van der Waals surface area contributed by atoms with Crippen molar-refractivity contribution in [3.8, 4) is 0 Å². The molecule has 0 aliphatic heterocycles. The Labute approximate surface area is 117 Å². The van der Waals surface area contributed by atoms with Gasteiger partial charge in [0.15, 0.2) is 0 Å². The van der Waals surface area contributed by atoms with Crippen LogP contribution >= 0.6 is 0 Å². The summed E-state index contributed by atoms with van der Waals surface area (Å²) in [5, 5.41) is 0. The summed E-state index contributed by atoms with van der Waals surface area (Å²) >= 11 is 0. The molecule has 0 aliphatic rings. The first-order valence-electron chi connectivity index (χ1n) is 7.50. The molecule has 0 radical (unpaired) electrons. The molecule has 0 amide bonds. The SMILES string of the molecule is COC(=O)CCCCCCCCCCn1cccc1. The van der Waals surface area contributed by atoms with Crippen molar-refractivity contribution < 1.29 is 9.53 Å². The number of esters is 1. The van der Waals surface area contributed by atoms with Crippen molar-refractivity contribution in [2.75, 3.05) is 7.11 Å². The van der Waals surface area contributed by atoms with Crippen LogP contribution in [-0.4, -0.2) is 17.6 Å². The van der Waals surface area contributed by atoms with Gasteiger partial charge >= 0.3 is 5.97 Å². The summed E-state index contributed by atoms with van der Waals surface area (Å²) in [7, 11) is 1.45. The zero-order valence-corrected chi connectivity index (χ0v) is 12.1. The van der Waals surface area contributed by atoms with Gasteiger partial charge in [0.05, 0.1) is 7.11 Å². The average molecular weight is 265 g/mol.